The average molecular weight is 347 g/mol. The van der Waals surface area contributed by atoms with Crippen molar-refractivity contribution in [2.24, 2.45) is 0 Å². The maximum atomic E-state index is 13.5. The predicted molar refractivity (Wildman–Crippen MR) is 91.4 cm³/mol. The third-order valence-corrected chi connectivity index (χ3v) is 3.91. The number of nitrogens with one attached hydrogen (secondary N) is 2. The second kappa shape index (κ2) is 6.03. The van der Waals surface area contributed by atoms with E-state index in [1.165, 1.54) is 11.1 Å². The number of hydrogen-bond acceptors (Lipinski definition) is 6. The molecule has 134 valence electrons. The summed E-state index contributed by atoms with van der Waals surface area (Å²) in [6.45, 7) is 9.06. The van der Waals surface area contributed by atoms with Gasteiger partial charge in [0.2, 0.25) is 0 Å². The number of carbonyl (C=O) groups is 1. The summed E-state index contributed by atoms with van der Waals surface area (Å²) in [5, 5.41) is 1.71. The number of ether oxygens (including phenoxy) is 1. The Morgan fingerprint density at radius 1 is 1.40 bits per heavy atom. The van der Waals surface area contributed by atoms with Crippen molar-refractivity contribution < 1.29 is 13.9 Å². The normalized spacial score (nSPS) is 19.8. The number of pyridine rings is 1. The van der Waals surface area contributed by atoms with E-state index in [0.717, 1.165) is 11.4 Å². The fraction of sp³-hybridized carbons (Fsp3) is 0.412. The molecule has 1 aromatic rings. The molecule has 1 atom stereocenters. The molecule has 0 aromatic carbocycles. The molecule has 3 heterocycles. The minimum absolute atomic E-state index is 0.256. The Kier molecular flexibility index (Phi) is 4.16. The van der Waals surface area contributed by atoms with Gasteiger partial charge in [-0.05, 0) is 52.3 Å². The Morgan fingerprint density at radius 2 is 2.12 bits per heavy atom. The number of aryl methyl sites for hydroxylation is 1. The molecule has 0 fully saturated rings. The highest BCUT2D eigenvalue weighted by Gasteiger charge is 2.35. The van der Waals surface area contributed by atoms with E-state index >= 15 is 0 Å². The summed E-state index contributed by atoms with van der Waals surface area (Å²) >= 11 is 0. The van der Waals surface area contributed by atoms with Crippen molar-refractivity contribution in [2.45, 2.75) is 46.3 Å². The molecule has 2 aliphatic rings. The van der Waals surface area contributed by atoms with E-state index in [0.29, 0.717) is 11.4 Å². The minimum atomic E-state index is -0.567. The van der Waals surface area contributed by atoms with Crippen molar-refractivity contribution in [3.05, 3.63) is 47.3 Å². The number of hydrogen-bond donors (Lipinski definition) is 2. The van der Waals surface area contributed by atoms with Gasteiger partial charge in [0.05, 0.1) is 23.6 Å². The zero-order valence-corrected chi connectivity index (χ0v) is 14.9. The van der Waals surface area contributed by atoms with Gasteiger partial charge in [0.15, 0.2) is 0 Å². The van der Waals surface area contributed by atoms with Gasteiger partial charge >= 0.3 is 6.09 Å². The second-order valence-electron chi connectivity index (χ2n) is 7.04. The quantitative estimate of drug-likeness (QED) is 0.814. The smallest absolute Gasteiger partial charge is 0.414 e. The molecular weight excluding hydrogens is 325 g/mol. The van der Waals surface area contributed by atoms with Crippen molar-refractivity contribution in [2.75, 3.05) is 5.01 Å². The summed E-state index contributed by atoms with van der Waals surface area (Å²) in [5.41, 5.74) is 7.60. The SMILES string of the molecule is Cc1cc(N2NNC3=C2C=CN(C(=O)OC(C)(C)C)C3C)ncc1F. The zero-order valence-electron chi connectivity index (χ0n) is 14.9. The molecule has 8 heteroatoms. The van der Waals surface area contributed by atoms with Crippen molar-refractivity contribution >= 4 is 11.9 Å². The Balaban J connectivity index is 1.83. The highest BCUT2D eigenvalue weighted by molar-refractivity contribution is 5.72. The van der Waals surface area contributed by atoms with E-state index in [1.54, 1.807) is 30.3 Å². The molecule has 0 bridgehead atoms. The first-order valence-electron chi connectivity index (χ1n) is 8.05. The zero-order chi connectivity index (χ0) is 18.4. The first kappa shape index (κ1) is 17.2. The molecule has 1 amide bonds. The molecule has 25 heavy (non-hydrogen) atoms. The predicted octanol–water partition coefficient (Wildman–Crippen LogP) is 2.72. The number of carbonyl (C=O) groups excluding carboxylic acids is 1. The Hall–Kier alpha value is -2.61. The lowest BCUT2D eigenvalue weighted by Gasteiger charge is -2.32. The highest BCUT2D eigenvalue weighted by Crippen LogP contribution is 2.29. The Morgan fingerprint density at radius 3 is 2.76 bits per heavy atom. The molecule has 2 N–H and O–H groups in total. The van der Waals surface area contributed by atoms with Gasteiger partial charge in [0.1, 0.15) is 17.2 Å². The third kappa shape index (κ3) is 3.30. The molecule has 0 radical (unpaired) electrons. The van der Waals surface area contributed by atoms with Crippen LogP contribution in [0.15, 0.2) is 35.9 Å². The van der Waals surface area contributed by atoms with E-state index in [-0.39, 0.29) is 11.9 Å². The van der Waals surface area contributed by atoms with Gasteiger partial charge in [-0.15, -0.1) is 5.53 Å². The number of halogens is 1. The van der Waals surface area contributed by atoms with E-state index in [1.807, 2.05) is 27.7 Å². The van der Waals surface area contributed by atoms with E-state index < -0.39 is 11.7 Å². The topological polar surface area (TPSA) is 69.7 Å². The number of amides is 1. The van der Waals surface area contributed by atoms with Crippen LogP contribution in [-0.4, -0.2) is 27.6 Å². The minimum Gasteiger partial charge on any atom is -0.443 e. The average Bonchev–Trinajstić information content (AvgIpc) is 2.93. The summed E-state index contributed by atoms with van der Waals surface area (Å²) in [6.07, 6.45) is 4.23. The number of nitrogens with zero attached hydrogens (tertiary/aromatic N) is 3. The lowest BCUT2D eigenvalue weighted by Crippen LogP contribution is -2.43. The standard InChI is InChI=1S/C17H22FN5O2/c1-10-8-14(19-9-12(10)18)23-13-6-7-22(11(2)15(13)20-21-23)16(24)25-17(3,4)5/h6-9,11,20-21H,1-5H3. The van der Waals surface area contributed by atoms with Crippen LogP contribution in [0, 0.1) is 12.7 Å². The number of allylic oxidation sites excluding steroid dienone is 1. The van der Waals surface area contributed by atoms with Crippen LogP contribution in [0.5, 0.6) is 0 Å². The van der Waals surface area contributed by atoms with Crippen molar-refractivity contribution in [3.8, 4) is 0 Å². The summed E-state index contributed by atoms with van der Waals surface area (Å²) in [4.78, 5) is 18.0. The van der Waals surface area contributed by atoms with Crippen LogP contribution in [-0.2, 0) is 4.74 Å². The molecule has 0 spiro atoms. The molecule has 3 rings (SSSR count). The Bertz CT molecular complexity index is 769. The molecule has 1 unspecified atom stereocenters. The van der Waals surface area contributed by atoms with Gasteiger partial charge in [0.25, 0.3) is 0 Å². The summed E-state index contributed by atoms with van der Waals surface area (Å²) in [7, 11) is 0. The molecular formula is C17H22FN5O2. The van der Waals surface area contributed by atoms with Gasteiger partial charge in [-0.2, -0.15) is 0 Å². The van der Waals surface area contributed by atoms with Crippen LogP contribution in [0.1, 0.15) is 33.3 Å². The van der Waals surface area contributed by atoms with E-state index in [4.69, 9.17) is 4.74 Å². The van der Waals surface area contributed by atoms with Crippen LogP contribution in [0.4, 0.5) is 15.0 Å². The van der Waals surface area contributed by atoms with Crippen LogP contribution >= 0.6 is 0 Å². The van der Waals surface area contributed by atoms with Crippen molar-refractivity contribution in [1.29, 1.82) is 0 Å². The van der Waals surface area contributed by atoms with Crippen LogP contribution in [0.2, 0.25) is 0 Å². The third-order valence-electron chi connectivity index (χ3n) is 3.91. The molecule has 0 saturated carbocycles. The van der Waals surface area contributed by atoms with E-state index in [9.17, 15) is 9.18 Å². The summed E-state index contributed by atoms with van der Waals surface area (Å²) < 4.78 is 18.9. The lowest BCUT2D eigenvalue weighted by atomic mass is 10.1. The van der Waals surface area contributed by atoms with Crippen LogP contribution < -0.4 is 16.0 Å². The molecule has 0 saturated heterocycles. The lowest BCUT2D eigenvalue weighted by molar-refractivity contribution is 0.0294. The highest BCUT2D eigenvalue weighted by atomic mass is 19.1. The van der Waals surface area contributed by atoms with Crippen molar-refractivity contribution in [3.63, 3.8) is 0 Å². The van der Waals surface area contributed by atoms with Crippen molar-refractivity contribution in [1.82, 2.24) is 20.8 Å². The number of anilines is 1. The van der Waals surface area contributed by atoms with Crippen LogP contribution in [0.25, 0.3) is 0 Å². The largest absolute Gasteiger partial charge is 0.443 e. The summed E-state index contributed by atoms with van der Waals surface area (Å²) in [6, 6.07) is 1.40. The van der Waals surface area contributed by atoms with Gasteiger partial charge in [-0.25, -0.2) is 19.2 Å². The second-order valence-corrected chi connectivity index (χ2v) is 7.04. The molecule has 7 nitrogen and oxygen atoms in total. The van der Waals surface area contributed by atoms with Gasteiger partial charge in [-0.3, -0.25) is 4.90 Å². The first-order chi connectivity index (χ1) is 11.7. The van der Waals surface area contributed by atoms with E-state index in [2.05, 4.69) is 15.9 Å². The summed E-state index contributed by atoms with van der Waals surface area (Å²) in [5.74, 6) is 0.202. The fourth-order valence-electron chi connectivity index (χ4n) is 2.62. The Labute approximate surface area is 146 Å². The maximum absolute atomic E-state index is 13.5. The number of rotatable bonds is 1. The monoisotopic (exact) mass is 347 g/mol. The van der Waals surface area contributed by atoms with Gasteiger partial charge in [-0.1, -0.05) is 0 Å². The first-order valence-corrected chi connectivity index (χ1v) is 8.05. The number of aromatic nitrogens is 1. The maximum Gasteiger partial charge on any atom is 0.414 e. The van der Waals surface area contributed by atoms with Crippen LogP contribution in [0.3, 0.4) is 0 Å². The molecule has 1 aromatic heterocycles. The number of hydrazine groups is 2. The molecule has 0 aliphatic carbocycles. The molecule has 2 aliphatic heterocycles. The van der Waals surface area contributed by atoms with Gasteiger partial charge in [0, 0.05) is 6.20 Å². The van der Waals surface area contributed by atoms with Gasteiger partial charge < -0.3 is 10.2 Å². The fourth-order valence-corrected chi connectivity index (χ4v) is 2.62.